The summed E-state index contributed by atoms with van der Waals surface area (Å²) in [6.45, 7) is 11.4. The van der Waals surface area contributed by atoms with E-state index in [9.17, 15) is 14.4 Å². The average Bonchev–Trinajstić information content (AvgIpc) is 3.19. The molecule has 0 N–H and O–H groups in total. The number of rotatable bonds is 46. The van der Waals surface area contributed by atoms with Gasteiger partial charge in [-0.3, -0.25) is 14.4 Å². The molecule has 6 nitrogen and oxygen atoms in total. The van der Waals surface area contributed by atoms with Crippen molar-refractivity contribution in [1.29, 1.82) is 0 Å². The van der Waals surface area contributed by atoms with Gasteiger partial charge in [0.25, 0.3) is 0 Å². The fourth-order valence-corrected chi connectivity index (χ4v) is 7.81. The van der Waals surface area contributed by atoms with Crippen LogP contribution in [-0.2, 0) is 28.6 Å². The van der Waals surface area contributed by atoms with Crippen molar-refractivity contribution in [2.75, 3.05) is 13.2 Å². The van der Waals surface area contributed by atoms with Gasteiger partial charge in [0, 0.05) is 19.3 Å². The van der Waals surface area contributed by atoms with E-state index >= 15 is 0 Å². The van der Waals surface area contributed by atoms with Crippen LogP contribution in [0.1, 0.15) is 285 Å². The monoisotopic (exact) mass is 821 g/mol. The Kier molecular flexibility index (Phi) is 43.7. The van der Waals surface area contributed by atoms with E-state index in [1.807, 2.05) is 0 Å². The van der Waals surface area contributed by atoms with E-state index < -0.39 is 6.10 Å². The Hall–Kier alpha value is -1.59. The third-order valence-electron chi connectivity index (χ3n) is 11.7. The molecule has 0 fully saturated rings. The SMILES string of the molecule is CCCCCCCCCCCCC(=O)O[C@@H](COC(=O)CCCCCCCCCCCCCCCCCC(C)C)COC(=O)CCCCCCCCCCCC(C)C. The molecule has 0 rings (SSSR count). The molecule has 0 unspecified atom stereocenters. The van der Waals surface area contributed by atoms with Crippen LogP contribution in [0.2, 0.25) is 0 Å². The number of esters is 3. The van der Waals surface area contributed by atoms with Gasteiger partial charge in [-0.05, 0) is 31.1 Å². The zero-order valence-electron chi connectivity index (χ0n) is 39.7. The number of ether oxygens (including phenoxy) is 3. The molecule has 0 aromatic carbocycles. The minimum absolute atomic E-state index is 0.0638. The number of unbranched alkanes of at least 4 members (excludes halogenated alkanes) is 31. The van der Waals surface area contributed by atoms with Gasteiger partial charge in [0.2, 0.25) is 0 Å². The number of carbonyl (C=O) groups excluding carboxylic acids is 3. The second-order valence-corrected chi connectivity index (χ2v) is 18.8. The Morgan fingerprint density at radius 3 is 0.845 bits per heavy atom. The molecule has 0 amide bonds. The van der Waals surface area contributed by atoms with Crippen LogP contribution in [0.3, 0.4) is 0 Å². The van der Waals surface area contributed by atoms with Crippen molar-refractivity contribution < 1.29 is 28.6 Å². The predicted octanol–water partition coefficient (Wildman–Crippen LogP) is 16.5. The van der Waals surface area contributed by atoms with Gasteiger partial charge in [-0.1, -0.05) is 247 Å². The van der Waals surface area contributed by atoms with Crippen molar-refractivity contribution in [3.63, 3.8) is 0 Å². The molecule has 0 heterocycles. The zero-order chi connectivity index (χ0) is 42.6. The summed E-state index contributed by atoms with van der Waals surface area (Å²) in [5.74, 6) is 0.807. The fourth-order valence-electron chi connectivity index (χ4n) is 7.81. The zero-order valence-corrected chi connectivity index (χ0v) is 39.7. The van der Waals surface area contributed by atoms with Crippen LogP contribution in [0.5, 0.6) is 0 Å². The average molecular weight is 821 g/mol. The summed E-state index contributed by atoms with van der Waals surface area (Å²) in [5.41, 5.74) is 0. The van der Waals surface area contributed by atoms with Crippen molar-refractivity contribution in [2.45, 2.75) is 291 Å². The molecule has 0 radical (unpaired) electrons. The first-order valence-electron chi connectivity index (χ1n) is 25.7. The topological polar surface area (TPSA) is 78.9 Å². The normalized spacial score (nSPS) is 12.1. The Bertz CT molecular complexity index is 885. The van der Waals surface area contributed by atoms with E-state index in [4.69, 9.17) is 14.2 Å². The lowest BCUT2D eigenvalue weighted by atomic mass is 10.0. The smallest absolute Gasteiger partial charge is 0.306 e. The number of hydrogen-bond acceptors (Lipinski definition) is 6. The highest BCUT2D eigenvalue weighted by molar-refractivity contribution is 5.71. The predicted molar refractivity (Wildman–Crippen MR) is 247 cm³/mol. The van der Waals surface area contributed by atoms with E-state index in [2.05, 4.69) is 34.6 Å². The molecule has 1 atom stereocenters. The van der Waals surface area contributed by atoms with Crippen LogP contribution >= 0.6 is 0 Å². The summed E-state index contributed by atoms with van der Waals surface area (Å²) in [6, 6.07) is 0. The van der Waals surface area contributed by atoms with Gasteiger partial charge in [-0.25, -0.2) is 0 Å². The Labute approximate surface area is 361 Å². The molecule has 0 saturated heterocycles. The number of carbonyl (C=O) groups is 3. The van der Waals surface area contributed by atoms with Crippen LogP contribution in [0.15, 0.2) is 0 Å². The van der Waals surface area contributed by atoms with Crippen molar-refractivity contribution in [1.82, 2.24) is 0 Å². The molecule has 58 heavy (non-hydrogen) atoms. The van der Waals surface area contributed by atoms with Gasteiger partial charge in [0.05, 0.1) is 0 Å². The second-order valence-electron chi connectivity index (χ2n) is 18.8. The summed E-state index contributed by atoms with van der Waals surface area (Å²) >= 11 is 0. The molecule has 0 aliphatic heterocycles. The van der Waals surface area contributed by atoms with Gasteiger partial charge in [-0.15, -0.1) is 0 Å². The van der Waals surface area contributed by atoms with Crippen LogP contribution in [-0.4, -0.2) is 37.2 Å². The highest BCUT2D eigenvalue weighted by atomic mass is 16.6. The lowest BCUT2D eigenvalue weighted by Crippen LogP contribution is -2.30. The Morgan fingerprint density at radius 2 is 0.569 bits per heavy atom. The third-order valence-corrected chi connectivity index (χ3v) is 11.7. The molecule has 344 valence electrons. The van der Waals surface area contributed by atoms with Crippen molar-refractivity contribution in [3.8, 4) is 0 Å². The highest BCUT2D eigenvalue weighted by Gasteiger charge is 2.19. The largest absolute Gasteiger partial charge is 0.462 e. The van der Waals surface area contributed by atoms with Crippen molar-refractivity contribution in [3.05, 3.63) is 0 Å². The van der Waals surface area contributed by atoms with Crippen molar-refractivity contribution >= 4 is 17.9 Å². The minimum Gasteiger partial charge on any atom is -0.462 e. The van der Waals surface area contributed by atoms with E-state index in [0.717, 1.165) is 69.6 Å². The first-order valence-corrected chi connectivity index (χ1v) is 25.7. The highest BCUT2D eigenvalue weighted by Crippen LogP contribution is 2.17. The van der Waals surface area contributed by atoms with Crippen LogP contribution in [0.4, 0.5) is 0 Å². The summed E-state index contributed by atoms with van der Waals surface area (Å²) in [5, 5.41) is 0. The van der Waals surface area contributed by atoms with Crippen LogP contribution < -0.4 is 0 Å². The molecule has 6 heteroatoms. The molecule has 0 aromatic rings. The summed E-state index contributed by atoms with van der Waals surface area (Å²) < 4.78 is 16.8. The first-order chi connectivity index (χ1) is 28.2. The van der Waals surface area contributed by atoms with Gasteiger partial charge >= 0.3 is 17.9 Å². The quantitative estimate of drug-likeness (QED) is 0.0346. The van der Waals surface area contributed by atoms with Crippen LogP contribution in [0, 0.1) is 11.8 Å². The molecule has 0 aliphatic carbocycles. The lowest BCUT2D eigenvalue weighted by molar-refractivity contribution is -0.167. The van der Waals surface area contributed by atoms with E-state index in [0.29, 0.717) is 19.3 Å². The standard InChI is InChI=1S/C52H100O6/c1-6-7-8-9-10-11-22-29-34-39-44-52(55)58-49(46-57-51(54)43-38-33-28-24-19-21-26-31-36-41-48(4)5)45-56-50(53)42-37-32-27-23-18-16-14-12-13-15-17-20-25-30-35-40-47(2)3/h47-49H,6-46H2,1-5H3/t49-/m0/s1. The molecule has 0 spiro atoms. The Morgan fingerprint density at radius 1 is 0.328 bits per heavy atom. The van der Waals surface area contributed by atoms with Gasteiger partial charge in [0.1, 0.15) is 13.2 Å². The molecule has 0 bridgehead atoms. The van der Waals surface area contributed by atoms with Gasteiger partial charge in [0.15, 0.2) is 6.10 Å². The maximum absolute atomic E-state index is 12.7. The molecular weight excluding hydrogens is 721 g/mol. The van der Waals surface area contributed by atoms with E-state index in [1.165, 1.54) is 173 Å². The molecule has 0 aliphatic rings. The fraction of sp³-hybridized carbons (Fsp3) is 0.942. The summed E-state index contributed by atoms with van der Waals surface area (Å²) in [6.07, 6.45) is 45.2. The van der Waals surface area contributed by atoms with Gasteiger partial charge in [-0.2, -0.15) is 0 Å². The van der Waals surface area contributed by atoms with E-state index in [1.54, 1.807) is 0 Å². The first kappa shape index (κ1) is 56.4. The molecule has 0 aromatic heterocycles. The molecule has 0 saturated carbocycles. The summed E-state index contributed by atoms with van der Waals surface area (Å²) in [7, 11) is 0. The molecular formula is C52H100O6. The minimum atomic E-state index is -0.761. The van der Waals surface area contributed by atoms with Crippen LogP contribution in [0.25, 0.3) is 0 Å². The summed E-state index contributed by atoms with van der Waals surface area (Å²) in [4.78, 5) is 37.9. The third kappa shape index (κ3) is 45.5. The maximum Gasteiger partial charge on any atom is 0.306 e. The maximum atomic E-state index is 12.7. The van der Waals surface area contributed by atoms with E-state index in [-0.39, 0.29) is 31.1 Å². The van der Waals surface area contributed by atoms with Crippen molar-refractivity contribution in [2.24, 2.45) is 11.8 Å². The number of hydrogen-bond donors (Lipinski definition) is 0. The lowest BCUT2D eigenvalue weighted by Gasteiger charge is -2.18. The Balaban J connectivity index is 4.24. The van der Waals surface area contributed by atoms with Gasteiger partial charge < -0.3 is 14.2 Å². The second kappa shape index (κ2) is 44.9.